The van der Waals surface area contributed by atoms with Gasteiger partial charge in [-0.25, -0.2) is 4.39 Å². The van der Waals surface area contributed by atoms with Gasteiger partial charge in [-0.2, -0.15) is 0 Å². The SMILES string of the molecule is CCC1CN(CCOc2ccc([C@@H]3Oc4cc(C)c(O)cc4C(C)=C3c3ccc(F)cc3)cc2)C1. The van der Waals surface area contributed by atoms with Gasteiger partial charge in [0.1, 0.15) is 35.8 Å². The molecule has 0 saturated carbocycles. The van der Waals surface area contributed by atoms with Crippen LogP contribution < -0.4 is 9.47 Å². The molecule has 1 saturated heterocycles. The standard InChI is InChI=1S/C30H32FNO3/c1-4-21-17-32(18-21)13-14-34-25-11-7-23(8-12-25)30-29(22-5-9-24(31)10-6-22)20(3)26-16-27(33)19(2)15-28(26)35-30/h5-12,15-16,21,30,33H,4,13-14,17-18H2,1-3H3/t30-/m0/s1. The Morgan fingerprint density at radius 2 is 1.74 bits per heavy atom. The Kier molecular flexibility index (Phi) is 6.52. The lowest BCUT2D eigenvalue weighted by Gasteiger charge is -2.38. The van der Waals surface area contributed by atoms with E-state index in [9.17, 15) is 9.50 Å². The average molecular weight is 474 g/mol. The number of phenols is 1. The van der Waals surface area contributed by atoms with E-state index in [4.69, 9.17) is 9.47 Å². The Morgan fingerprint density at radius 1 is 1.03 bits per heavy atom. The van der Waals surface area contributed by atoms with Crippen LogP contribution in [0, 0.1) is 18.7 Å². The Bertz CT molecular complexity index is 1230. The lowest BCUT2D eigenvalue weighted by atomic mass is 9.86. The highest BCUT2D eigenvalue weighted by molar-refractivity contribution is 5.95. The third-order valence-corrected chi connectivity index (χ3v) is 7.24. The number of benzene rings is 3. The summed E-state index contributed by atoms with van der Waals surface area (Å²) in [5, 5.41) is 10.3. The van der Waals surface area contributed by atoms with E-state index in [1.807, 2.05) is 44.2 Å². The minimum absolute atomic E-state index is 0.230. The monoisotopic (exact) mass is 473 g/mol. The minimum atomic E-state index is -0.363. The highest BCUT2D eigenvalue weighted by atomic mass is 19.1. The molecule has 1 atom stereocenters. The number of hydrogen-bond donors (Lipinski definition) is 1. The first-order valence-corrected chi connectivity index (χ1v) is 12.4. The normalized spacial score (nSPS) is 18.1. The quantitative estimate of drug-likeness (QED) is 0.418. The Labute approximate surface area is 206 Å². The predicted molar refractivity (Wildman–Crippen MR) is 137 cm³/mol. The van der Waals surface area contributed by atoms with E-state index >= 15 is 0 Å². The third kappa shape index (κ3) is 4.78. The maximum atomic E-state index is 13.7. The van der Waals surface area contributed by atoms with Crippen LogP contribution in [0.3, 0.4) is 0 Å². The smallest absolute Gasteiger partial charge is 0.150 e. The largest absolute Gasteiger partial charge is 0.508 e. The van der Waals surface area contributed by atoms with Crippen LogP contribution in [-0.4, -0.2) is 36.2 Å². The van der Waals surface area contributed by atoms with Gasteiger partial charge in [0.2, 0.25) is 0 Å². The van der Waals surface area contributed by atoms with Crippen LogP contribution in [0.15, 0.2) is 60.7 Å². The maximum absolute atomic E-state index is 13.7. The first-order chi connectivity index (χ1) is 16.9. The van der Waals surface area contributed by atoms with Crippen LogP contribution in [0.2, 0.25) is 0 Å². The summed E-state index contributed by atoms with van der Waals surface area (Å²) in [6, 6.07) is 18.1. The molecule has 2 heterocycles. The second kappa shape index (κ2) is 9.74. The van der Waals surface area contributed by atoms with Crippen LogP contribution in [0.25, 0.3) is 11.1 Å². The summed E-state index contributed by atoms with van der Waals surface area (Å²) in [5.41, 5.74) is 5.44. The average Bonchev–Trinajstić information content (AvgIpc) is 2.83. The zero-order valence-corrected chi connectivity index (χ0v) is 20.6. The van der Waals surface area contributed by atoms with Gasteiger partial charge in [0.25, 0.3) is 0 Å². The second-order valence-corrected chi connectivity index (χ2v) is 9.63. The molecule has 0 unspecified atom stereocenters. The summed E-state index contributed by atoms with van der Waals surface area (Å²) in [6.07, 6.45) is 0.888. The number of fused-ring (bicyclic) bond motifs is 1. The maximum Gasteiger partial charge on any atom is 0.150 e. The molecule has 0 bridgehead atoms. The van der Waals surface area contributed by atoms with Gasteiger partial charge in [-0.1, -0.05) is 37.6 Å². The first kappa shape index (κ1) is 23.4. The highest BCUT2D eigenvalue weighted by Crippen LogP contribution is 2.48. The topological polar surface area (TPSA) is 41.9 Å². The van der Waals surface area contributed by atoms with E-state index in [-0.39, 0.29) is 17.7 Å². The second-order valence-electron chi connectivity index (χ2n) is 9.63. The number of aromatic hydroxyl groups is 1. The van der Waals surface area contributed by atoms with E-state index in [0.29, 0.717) is 6.61 Å². The van der Waals surface area contributed by atoms with Crippen LogP contribution in [0.5, 0.6) is 17.2 Å². The molecule has 182 valence electrons. The zero-order valence-electron chi connectivity index (χ0n) is 20.6. The Morgan fingerprint density at radius 3 is 2.43 bits per heavy atom. The van der Waals surface area contributed by atoms with Gasteiger partial charge in [-0.3, -0.25) is 4.90 Å². The molecule has 1 fully saturated rings. The van der Waals surface area contributed by atoms with Crippen molar-refractivity contribution in [1.29, 1.82) is 0 Å². The Balaban J connectivity index is 1.39. The molecule has 0 aromatic heterocycles. The molecule has 2 aliphatic rings. The molecular formula is C30H32FNO3. The van der Waals surface area contributed by atoms with Crippen LogP contribution in [0.4, 0.5) is 4.39 Å². The molecule has 4 nitrogen and oxygen atoms in total. The van der Waals surface area contributed by atoms with E-state index < -0.39 is 0 Å². The first-order valence-electron chi connectivity index (χ1n) is 12.4. The van der Waals surface area contributed by atoms with Gasteiger partial charge in [-0.05, 0) is 78.4 Å². The van der Waals surface area contributed by atoms with Gasteiger partial charge in [-0.15, -0.1) is 0 Å². The molecule has 2 aliphatic heterocycles. The van der Waals surface area contributed by atoms with Crippen molar-refractivity contribution < 1.29 is 19.0 Å². The fourth-order valence-electron chi connectivity index (χ4n) is 4.97. The fraction of sp³-hybridized carbons (Fsp3) is 0.333. The van der Waals surface area contributed by atoms with Gasteiger partial charge < -0.3 is 14.6 Å². The number of nitrogens with zero attached hydrogens (tertiary/aromatic N) is 1. The zero-order chi connectivity index (χ0) is 24.5. The Hall–Kier alpha value is -3.31. The molecule has 3 aromatic rings. The van der Waals surface area contributed by atoms with E-state index in [1.165, 1.54) is 31.6 Å². The lowest BCUT2D eigenvalue weighted by Crippen LogP contribution is -2.47. The fourth-order valence-corrected chi connectivity index (χ4v) is 4.97. The van der Waals surface area contributed by atoms with Crippen molar-refractivity contribution in [3.05, 3.63) is 88.7 Å². The summed E-state index contributed by atoms with van der Waals surface area (Å²) < 4.78 is 26.2. The summed E-state index contributed by atoms with van der Waals surface area (Å²) in [4.78, 5) is 2.43. The molecular weight excluding hydrogens is 441 g/mol. The van der Waals surface area contributed by atoms with E-state index in [0.717, 1.165) is 57.4 Å². The van der Waals surface area contributed by atoms with E-state index in [2.05, 4.69) is 11.8 Å². The van der Waals surface area contributed by atoms with Gasteiger partial charge in [0.05, 0.1) is 0 Å². The molecule has 0 amide bonds. The van der Waals surface area contributed by atoms with Crippen molar-refractivity contribution in [3.63, 3.8) is 0 Å². The van der Waals surface area contributed by atoms with Crippen molar-refractivity contribution in [2.45, 2.75) is 33.3 Å². The molecule has 0 spiro atoms. The molecule has 35 heavy (non-hydrogen) atoms. The number of phenolic OH excluding ortho intramolecular Hbond substituents is 1. The number of ether oxygens (including phenoxy) is 2. The number of allylic oxidation sites excluding steroid dienone is 1. The molecule has 5 rings (SSSR count). The summed E-state index contributed by atoms with van der Waals surface area (Å²) in [5.74, 6) is 2.36. The predicted octanol–water partition coefficient (Wildman–Crippen LogP) is 6.62. The third-order valence-electron chi connectivity index (χ3n) is 7.24. The highest BCUT2D eigenvalue weighted by Gasteiger charge is 2.30. The van der Waals surface area contributed by atoms with Crippen molar-refractivity contribution in [2.75, 3.05) is 26.2 Å². The minimum Gasteiger partial charge on any atom is -0.508 e. The molecule has 5 heteroatoms. The number of aryl methyl sites for hydroxylation is 1. The van der Waals surface area contributed by atoms with Gasteiger partial charge in [0, 0.05) is 30.8 Å². The molecule has 0 aliphatic carbocycles. The summed E-state index contributed by atoms with van der Waals surface area (Å²) >= 11 is 0. The van der Waals surface area contributed by atoms with Crippen LogP contribution >= 0.6 is 0 Å². The number of likely N-dealkylation sites (tertiary alicyclic amines) is 1. The summed E-state index contributed by atoms with van der Waals surface area (Å²) in [7, 11) is 0. The van der Waals surface area contributed by atoms with Crippen molar-refractivity contribution in [2.24, 2.45) is 5.92 Å². The van der Waals surface area contributed by atoms with Crippen LogP contribution in [0.1, 0.15) is 48.6 Å². The number of hydrogen-bond acceptors (Lipinski definition) is 4. The van der Waals surface area contributed by atoms with Crippen molar-refractivity contribution >= 4 is 11.1 Å². The summed E-state index contributed by atoms with van der Waals surface area (Å²) in [6.45, 7) is 10.1. The molecule has 3 aromatic carbocycles. The number of rotatable bonds is 7. The van der Waals surface area contributed by atoms with Gasteiger partial charge >= 0.3 is 0 Å². The van der Waals surface area contributed by atoms with Crippen LogP contribution in [-0.2, 0) is 0 Å². The molecule has 1 N–H and O–H groups in total. The number of halogens is 1. The van der Waals surface area contributed by atoms with Gasteiger partial charge in [0.15, 0.2) is 0 Å². The van der Waals surface area contributed by atoms with Crippen molar-refractivity contribution in [3.8, 4) is 17.2 Å². The van der Waals surface area contributed by atoms with Crippen molar-refractivity contribution in [1.82, 2.24) is 4.90 Å². The lowest BCUT2D eigenvalue weighted by molar-refractivity contribution is 0.0806. The van der Waals surface area contributed by atoms with E-state index in [1.54, 1.807) is 18.2 Å². The molecule has 0 radical (unpaired) electrons.